The first kappa shape index (κ1) is 9.52. The fourth-order valence-corrected chi connectivity index (χ4v) is 1.47. The number of carbonyl (C=O) groups is 1. The first-order chi connectivity index (χ1) is 7.25. The van der Waals surface area contributed by atoms with E-state index in [0.29, 0.717) is 12.1 Å². The molecule has 1 aromatic carbocycles. The number of aromatic nitrogens is 1. The van der Waals surface area contributed by atoms with E-state index in [1.807, 2.05) is 36.4 Å². The van der Waals surface area contributed by atoms with Gasteiger partial charge in [-0.15, -0.1) is 0 Å². The molecule has 1 aromatic heterocycles. The summed E-state index contributed by atoms with van der Waals surface area (Å²) in [4.78, 5) is 11.7. The molecule has 15 heavy (non-hydrogen) atoms. The van der Waals surface area contributed by atoms with Gasteiger partial charge >= 0.3 is 0 Å². The second kappa shape index (κ2) is 4.00. The van der Waals surface area contributed by atoms with Crippen LogP contribution in [0.1, 0.15) is 10.4 Å². The van der Waals surface area contributed by atoms with Gasteiger partial charge in [0.25, 0.3) is 0 Å². The molecule has 0 fully saturated rings. The molecule has 3 heteroatoms. The lowest BCUT2D eigenvalue weighted by atomic mass is 10.1. The summed E-state index contributed by atoms with van der Waals surface area (Å²) in [5.74, 6) is 0.0469. The standard InChI is InChI=1S/C12H12N2O/c13-11-5-3-4-10(8-11)9-12(15)14-6-1-2-7-14/h1-8H,9,13H2. The molecule has 0 bridgehead atoms. The monoisotopic (exact) mass is 200 g/mol. The van der Waals surface area contributed by atoms with Gasteiger partial charge in [0.15, 0.2) is 0 Å². The van der Waals surface area contributed by atoms with E-state index in [2.05, 4.69) is 0 Å². The predicted molar refractivity (Wildman–Crippen MR) is 59.6 cm³/mol. The Morgan fingerprint density at radius 3 is 2.60 bits per heavy atom. The highest BCUT2D eigenvalue weighted by Gasteiger charge is 2.04. The van der Waals surface area contributed by atoms with Gasteiger partial charge < -0.3 is 5.73 Å². The van der Waals surface area contributed by atoms with Crippen molar-refractivity contribution < 1.29 is 4.79 Å². The van der Waals surface area contributed by atoms with Gasteiger partial charge in [-0.25, -0.2) is 0 Å². The largest absolute Gasteiger partial charge is 0.399 e. The van der Waals surface area contributed by atoms with Gasteiger partial charge in [0.1, 0.15) is 0 Å². The number of nitrogens with zero attached hydrogens (tertiary/aromatic N) is 1. The van der Waals surface area contributed by atoms with Crippen molar-refractivity contribution in [3.63, 3.8) is 0 Å². The SMILES string of the molecule is Nc1cccc(CC(=O)n2cccc2)c1. The van der Waals surface area contributed by atoms with E-state index < -0.39 is 0 Å². The number of nitrogens with two attached hydrogens (primary N) is 1. The van der Waals surface area contributed by atoms with Crippen molar-refractivity contribution in [2.45, 2.75) is 6.42 Å². The molecule has 0 unspecified atom stereocenters. The van der Waals surface area contributed by atoms with Crippen LogP contribution in [0.25, 0.3) is 0 Å². The summed E-state index contributed by atoms with van der Waals surface area (Å²) in [7, 11) is 0. The number of nitrogen functional groups attached to an aromatic ring is 1. The Morgan fingerprint density at radius 2 is 1.93 bits per heavy atom. The molecule has 0 amide bonds. The van der Waals surface area contributed by atoms with Gasteiger partial charge in [-0.3, -0.25) is 9.36 Å². The second-order valence-corrected chi connectivity index (χ2v) is 3.41. The van der Waals surface area contributed by atoms with Gasteiger partial charge in [0.05, 0.1) is 6.42 Å². The topological polar surface area (TPSA) is 48.0 Å². The maximum Gasteiger partial charge on any atom is 0.234 e. The summed E-state index contributed by atoms with van der Waals surface area (Å²) < 4.78 is 1.57. The molecule has 2 N–H and O–H groups in total. The third-order valence-corrected chi connectivity index (χ3v) is 2.20. The summed E-state index contributed by atoms with van der Waals surface area (Å²) in [6, 6.07) is 11.0. The molecule has 0 aliphatic carbocycles. The zero-order chi connectivity index (χ0) is 10.7. The van der Waals surface area contributed by atoms with Crippen LogP contribution in [0.2, 0.25) is 0 Å². The molecule has 3 nitrogen and oxygen atoms in total. The minimum absolute atomic E-state index is 0.0469. The maximum absolute atomic E-state index is 11.7. The van der Waals surface area contributed by atoms with Crippen molar-refractivity contribution >= 4 is 11.6 Å². The molecule has 0 saturated carbocycles. The van der Waals surface area contributed by atoms with E-state index in [1.54, 1.807) is 17.0 Å². The third kappa shape index (κ3) is 2.26. The Labute approximate surface area is 88.1 Å². The molecule has 1 heterocycles. The molecule has 0 radical (unpaired) electrons. The predicted octanol–water partition coefficient (Wildman–Crippen LogP) is 1.95. The molecule has 0 atom stereocenters. The van der Waals surface area contributed by atoms with Crippen molar-refractivity contribution in [1.29, 1.82) is 0 Å². The molecule has 0 aliphatic rings. The number of hydrogen-bond donors (Lipinski definition) is 1. The van der Waals surface area contributed by atoms with Crippen LogP contribution in [0.4, 0.5) is 5.69 Å². The summed E-state index contributed by atoms with van der Waals surface area (Å²) >= 11 is 0. The van der Waals surface area contributed by atoms with Crippen molar-refractivity contribution in [2.75, 3.05) is 5.73 Å². The van der Waals surface area contributed by atoms with Gasteiger partial charge in [-0.2, -0.15) is 0 Å². The van der Waals surface area contributed by atoms with E-state index in [9.17, 15) is 4.79 Å². The van der Waals surface area contributed by atoms with Gasteiger partial charge in [-0.1, -0.05) is 12.1 Å². The van der Waals surface area contributed by atoms with Gasteiger partial charge in [-0.05, 0) is 29.8 Å². The highest BCUT2D eigenvalue weighted by atomic mass is 16.1. The van der Waals surface area contributed by atoms with Gasteiger partial charge in [0.2, 0.25) is 5.91 Å². The average molecular weight is 200 g/mol. The minimum atomic E-state index is 0.0469. The lowest BCUT2D eigenvalue weighted by molar-refractivity contribution is 0.0914. The average Bonchev–Trinajstić information content (AvgIpc) is 2.70. The van der Waals surface area contributed by atoms with Crippen LogP contribution in [0.3, 0.4) is 0 Å². The minimum Gasteiger partial charge on any atom is -0.399 e. The van der Waals surface area contributed by atoms with E-state index >= 15 is 0 Å². The van der Waals surface area contributed by atoms with Gasteiger partial charge in [0, 0.05) is 18.1 Å². The quantitative estimate of drug-likeness (QED) is 0.753. The fourth-order valence-electron chi connectivity index (χ4n) is 1.47. The van der Waals surface area contributed by atoms with Crippen LogP contribution >= 0.6 is 0 Å². The van der Waals surface area contributed by atoms with Crippen LogP contribution in [0.15, 0.2) is 48.8 Å². The number of rotatable bonds is 2. The molecule has 2 rings (SSSR count). The normalized spacial score (nSPS) is 10.1. The molecule has 76 valence electrons. The zero-order valence-corrected chi connectivity index (χ0v) is 8.26. The first-order valence-corrected chi connectivity index (χ1v) is 4.76. The molecular weight excluding hydrogens is 188 g/mol. The molecular formula is C12H12N2O. The lowest BCUT2D eigenvalue weighted by Crippen LogP contribution is -2.11. The highest BCUT2D eigenvalue weighted by Crippen LogP contribution is 2.08. The van der Waals surface area contributed by atoms with Crippen LogP contribution in [-0.4, -0.2) is 10.5 Å². The van der Waals surface area contributed by atoms with Crippen LogP contribution in [0.5, 0.6) is 0 Å². The Kier molecular flexibility index (Phi) is 2.54. The smallest absolute Gasteiger partial charge is 0.234 e. The summed E-state index contributed by atoms with van der Waals surface area (Å²) in [5.41, 5.74) is 7.26. The van der Waals surface area contributed by atoms with Crippen LogP contribution < -0.4 is 5.73 Å². The molecule has 2 aromatic rings. The van der Waals surface area contributed by atoms with E-state index in [1.165, 1.54) is 0 Å². The highest BCUT2D eigenvalue weighted by molar-refractivity contribution is 5.81. The van der Waals surface area contributed by atoms with E-state index in [0.717, 1.165) is 5.56 Å². The Bertz CT molecular complexity index is 460. The summed E-state index contributed by atoms with van der Waals surface area (Å²) in [6.45, 7) is 0. The van der Waals surface area contributed by atoms with Crippen molar-refractivity contribution in [3.8, 4) is 0 Å². The molecule has 0 saturated heterocycles. The van der Waals surface area contributed by atoms with E-state index in [-0.39, 0.29) is 5.91 Å². The Hall–Kier alpha value is -2.03. The van der Waals surface area contributed by atoms with Crippen molar-refractivity contribution in [3.05, 3.63) is 54.4 Å². The number of hydrogen-bond acceptors (Lipinski definition) is 2. The Balaban J connectivity index is 2.13. The zero-order valence-electron chi connectivity index (χ0n) is 8.26. The second-order valence-electron chi connectivity index (χ2n) is 3.41. The summed E-state index contributed by atoms with van der Waals surface area (Å²) in [6.07, 6.45) is 3.86. The first-order valence-electron chi connectivity index (χ1n) is 4.76. The third-order valence-electron chi connectivity index (χ3n) is 2.20. The molecule has 0 spiro atoms. The van der Waals surface area contributed by atoms with Crippen molar-refractivity contribution in [2.24, 2.45) is 0 Å². The van der Waals surface area contributed by atoms with Crippen LogP contribution in [-0.2, 0) is 6.42 Å². The lowest BCUT2D eigenvalue weighted by Gasteiger charge is -2.02. The van der Waals surface area contributed by atoms with E-state index in [4.69, 9.17) is 5.73 Å². The maximum atomic E-state index is 11.7. The number of benzene rings is 1. The number of anilines is 1. The number of carbonyl (C=O) groups excluding carboxylic acids is 1. The summed E-state index contributed by atoms with van der Waals surface area (Å²) in [5, 5.41) is 0. The molecule has 0 aliphatic heterocycles. The fraction of sp³-hybridized carbons (Fsp3) is 0.0833. The Morgan fingerprint density at radius 1 is 1.20 bits per heavy atom. The van der Waals surface area contributed by atoms with Crippen LogP contribution in [0, 0.1) is 0 Å². The van der Waals surface area contributed by atoms with Crippen molar-refractivity contribution in [1.82, 2.24) is 4.57 Å².